The first-order chi connectivity index (χ1) is 11.3. The number of ether oxygens (including phenoxy) is 1. The highest BCUT2D eigenvalue weighted by atomic mass is 16.6. The summed E-state index contributed by atoms with van der Waals surface area (Å²) >= 11 is 0. The molecule has 0 saturated heterocycles. The van der Waals surface area contributed by atoms with Crippen LogP contribution >= 0.6 is 0 Å². The van der Waals surface area contributed by atoms with Gasteiger partial charge in [0, 0.05) is 11.6 Å². The van der Waals surface area contributed by atoms with E-state index >= 15 is 0 Å². The number of hydrogen-bond acceptors (Lipinski definition) is 6. The van der Waals surface area contributed by atoms with E-state index in [2.05, 4.69) is 26.1 Å². The summed E-state index contributed by atoms with van der Waals surface area (Å²) in [5, 5.41) is 13.7. The highest BCUT2D eigenvalue weighted by Crippen LogP contribution is 2.26. The lowest BCUT2D eigenvalue weighted by molar-refractivity contribution is -0.383. The Morgan fingerprint density at radius 3 is 2.36 bits per heavy atom. The van der Waals surface area contributed by atoms with E-state index in [1.54, 1.807) is 0 Å². The molecule has 0 aliphatic heterocycles. The second-order valence-corrected chi connectivity index (χ2v) is 7.78. The van der Waals surface area contributed by atoms with Crippen LogP contribution in [0.25, 0.3) is 0 Å². The number of anilines is 1. The molecule has 8 nitrogen and oxygen atoms in total. The van der Waals surface area contributed by atoms with E-state index in [-0.39, 0.29) is 22.4 Å². The standard InChI is InChI=1S/C17H25N3O5/c1-16(2,3)10-17(4,5)19-14(21)9-25-15(22)11-6-7-12(18)13(8-11)20(23)24/h6-8H,9-10,18H2,1-5H3,(H,19,21). The van der Waals surface area contributed by atoms with Gasteiger partial charge in [0.2, 0.25) is 0 Å². The molecule has 0 aliphatic rings. The maximum absolute atomic E-state index is 12.0. The number of nitrogen functional groups attached to an aromatic ring is 1. The number of carbonyl (C=O) groups is 2. The summed E-state index contributed by atoms with van der Waals surface area (Å²) in [6.45, 7) is 9.51. The van der Waals surface area contributed by atoms with Crippen LogP contribution in [0.15, 0.2) is 18.2 Å². The first-order valence-electron chi connectivity index (χ1n) is 7.83. The molecule has 0 radical (unpaired) electrons. The van der Waals surface area contributed by atoms with Crippen LogP contribution in [-0.4, -0.2) is 28.9 Å². The molecular formula is C17H25N3O5. The third-order valence-corrected chi connectivity index (χ3v) is 3.25. The molecule has 0 unspecified atom stereocenters. The first kappa shape index (κ1) is 20.4. The number of benzene rings is 1. The van der Waals surface area contributed by atoms with Crippen LogP contribution in [0.1, 0.15) is 51.4 Å². The zero-order chi connectivity index (χ0) is 19.4. The van der Waals surface area contributed by atoms with Gasteiger partial charge in [-0.2, -0.15) is 0 Å². The normalized spacial score (nSPS) is 11.7. The second kappa shape index (κ2) is 7.50. The number of rotatable bonds is 6. The Hall–Kier alpha value is -2.64. The molecule has 0 bridgehead atoms. The fourth-order valence-electron chi connectivity index (χ4n) is 2.83. The number of nitro benzene ring substituents is 1. The molecule has 8 heteroatoms. The molecule has 1 aromatic carbocycles. The maximum Gasteiger partial charge on any atom is 0.338 e. The molecule has 0 fully saturated rings. The van der Waals surface area contributed by atoms with E-state index in [1.807, 2.05) is 13.8 Å². The summed E-state index contributed by atoms with van der Waals surface area (Å²) in [7, 11) is 0. The number of carbonyl (C=O) groups excluding carboxylic acids is 2. The lowest BCUT2D eigenvalue weighted by Gasteiger charge is -2.33. The summed E-state index contributed by atoms with van der Waals surface area (Å²) in [6.07, 6.45) is 0.740. The van der Waals surface area contributed by atoms with Crippen molar-refractivity contribution in [2.45, 2.75) is 46.6 Å². The van der Waals surface area contributed by atoms with Crippen molar-refractivity contribution in [1.82, 2.24) is 5.32 Å². The van der Waals surface area contributed by atoms with Crippen molar-refractivity contribution in [1.29, 1.82) is 0 Å². The van der Waals surface area contributed by atoms with Crippen LogP contribution in [0, 0.1) is 15.5 Å². The maximum atomic E-state index is 12.0. The Kier molecular flexibility index (Phi) is 6.12. The molecule has 3 N–H and O–H groups in total. The van der Waals surface area contributed by atoms with Crippen molar-refractivity contribution in [3.05, 3.63) is 33.9 Å². The number of nitro groups is 1. The van der Waals surface area contributed by atoms with Crippen LogP contribution in [0.3, 0.4) is 0 Å². The minimum absolute atomic E-state index is 0.0242. The monoisotopic (exact) mass is 351 g/mol. The van der Waals surface area contributed by atoms with Gasteiger partial charge in [0.25, 0.3) is 11.6 Å². The molecule has 25 heavy (non-hydrogen) atoms. The smallest absolute Gasteiger partial charge is 0.338 e. The average Bonchev–Trinajstić information content (AvgIpc) is 2.41. The summed E-state index contributed by atoms with van der Waals surface area (Å²) in [5.74, 6) is -1.26. The van der Waals surface area contributed by atoms with Crippen LogP contribution in [0.5, 0.6) is 0 Å². The molecule has 1 amide bonds. The summed E-state index contributed by atoms with van der Waals surface area (Å²) in [5.41, 5.74) is 4.57. The molecule has 0 aliphatic carbocycles. The largest absolute Gasteiger partial charge is 0.452 e. The van der Waals surface area contributed by atoms with Crippen molar-refractivity contribution in [2.24, 2.45) is 5.41 Å². The SMILES string of the molecule is CC(C)(C)CC(C)(C)NC(=O)COC(=O)c1ccc(N)c([N+](=O)[O-])c1. The Morgan fingerprint density at radius 2 is 1.84 bits per heavy atom. The zero-order valence-corrected chi connectivity index (χ0v) is 15.2. The molecule has 0 heterocycles. The van der Waals surface area contributed by atoms with E-state index in [0.29, 0.717) is 0 Å². The van der Waals surface area contributed by atoms with Gasteiger partial charge in [-0.15, -0.1) is 0 Å². The fourth-order valence-corrected chi connectivity index (χ4v) is 2.83. The first-order valence-corrected chi connectivity index (χ1v) is 7.83. The number of amides is 1. The Labute approximate surface area is 146 Å². The topological polar surface area (TPSA) is 125 Å². The van der Waals surface area contributed by atoms with Crippen molar-refractivity contribution in [2.75, 3.05) is 12.3 Å². The van der Waals surface area contributed by atoms with E-state index in [9.17, 15) is 19.7 Å². The van der Waals surface area contributed by atoms with Gasteiger partial charge >= 0.3 is 5.97 Å². The third-order valence-electron chi connectivity index (χ3n) is 3.25. The minimum Gasteiger partial charge on any atom is -0.452 e. The van der Waals surface area contributed by atoms with Crippen molar-refractivity contribution >= 4 is 23.3 Å². The highest BCUT2D eigenvalue weighted by molar-refractivity contribution is 5.92. The Bertz CT molecular complexity index is 677. The molecule has 0 aromatic heterocycles. The van der Waals surface area contributed by atoms with Gasteiger partial charge in [-0.05, 0) is 37.8 Å². The van der Waals surface area contributed by atoms with E-state index in [1.165, 1.54) is 12.1 Å². The fraction of sp³-hybridized carbons (Fsp3) is 0.529. The van der Waals surface area contributed by atoms with E-state index in [0.717, 1.165) is 12.5 Å². The van der Waals surface area contributed by atoms with Crippen molar-refractivity contribution in [3.63, 3.8) is 0 Å². The quantitative estimate of drug-likeness (QED) is 0.351. The zero-order valence-electron chi connectivity index (χ0n) is 15.2. The Balaban J connectivity index is 2.66. The average molecular weight is 351 g/mol. The Morgan fingerprint density at radius 1 is 1.24 bits per heavy atom. The molecule has 0 spiro atoms. The second-order valence-electron chi connectivity index (χ2n) is 7.78. The van der Waals surface area contributed by atoms with Gasteiger partial charge in [0.05, 0.1) is 10.5 Å². The lowest BCUT2D eigenvalue weighted by Crippen LogP contribution is -2.47. The molecule has 0 atom stereocenters. The van der Waals surface area contributed by atoms with Crippen molar-refractivity contribution in [3.8, 4) is 0 Å². The number of nitrogens with one attached hydrogen (secondary N) is 1. The number of esters is 1. The summed E-state index contributed by atoms with van der Waals surface area (Å²) in [6, 6.07) is 3.59. The van der Waals surface area contributed by atoms with Gasteiger partial charge in [-0.25, -0.2) is 4.79 Å². The lowest BCUT2D eigenvalue weighted by atomic mass is 9.82. The van der Waals surface area contributed by atoms with Gasteiger partial charge < -0.3 is 15.8 Å². The number of nitrogens with two attached hydrogens (primary N) is 1. The van der Waals surface area contributed by atoms with Crippen molar-refractivity contribution < 1.29 is 19.2 Å². The molecular weight excluding hydrogens is 326 g/mol. The van der Waals surface area contributed by atoms with Crippen LogP contribution in [0.4, 0.5) is 11.4 Å². The molecule has 138 valence electrons. The van der Waals surface area contributed by atoms with E-state index in [4.69, 9.17) is 10.5 Å². The predicted molar refractivity (Wildman–Crippen MR) is 94.1 cm³/mol. The molecule has 1 rings (SSSR count). The van der Waals surface area contributed by atoms with Crippen LogP contribution in [-0.2, 0) is 9.53 Å². The highest BCUT2D eigenvalue weighted by Gasteiger charge is 2.27. The van der Waals surface area contributed by atoms with E-state index < -0.39 is 28.9 Å². The number of nitrogens with zero attached hydrogens (tertiary/aromatic N) is 1. The molecule has 1 aromatic rings. The predicted octanol–water partition coefficient (Wildman–Crippen LogP) is 2.66. The summed E-state index contributed by atoms with van der Waals surface area (Å²) in [4.78, 5) is 34.1. The van der Waals surface area contributed by atoms with Crippen LogP contribution in [0.2, 0.25) is 0 Å². The van der Waals surface area contributed by atoms with Gasteiger partial charge in [0.15, 0.2) is 6.61 Å². The van der Waals surface area contributed by atoms with Gasteiger partial charge in [0.1, 0.15) is 5.69 Å². The number of hydrogen-bond donors (Lipinski definition) is 2. The van der Waals surface area contributed by atoms with Gasteiger partial charge in [-0.3, -0.25) is 14.9 Å². The van der Waals surface area contributed by atoms with Gasteiger partial charge in [-0.1, -0.05) is 20.8 Å². The van der Waals surface area contributed by atoms with Crippen LogP contribution < -0.4 is 11.1 Å². The third kappa shape index (κ3) is 6.78. The summed E-state index contributed by atoms with van der Waals surface area (Å²) < 4.78 is 4.93. The minimum atomic E-state index is -0.827. The molecule has 0 saturated carbocycles.